The van der Waals surface area contributed by atoms with Gasteiger partial charge in [0.25, 0.3) is 0 Å². The molecule has 0 aliphatic rings. The lowest BCUT2D eigenvalue weighted by Crippen LogP contribution is -2.37. The molecule has 4 nitrogen and oxygen atoms in total. The van der Waals surface area contributed by atoms with Crippen LogP contribution < -0.4 is 9.88 Å². The molecule has 0 saturated carbocycles. The van der Waals surface area contributed by atoms with Crippen molar-refractivity contribution in [2.45, 2.75) is 32.7 Å². The van der Waals surface area contributed by atoms with E-state index in [0.29, 0.717) is 6.04 Å². The van der Waals surface area contributed by atoms with E-state index >= 15 is 0 Å². The third-order valence-corrected chi connectivity index (χ3v) is 2.91. The minimum Gasteiger partial charge on any atom is -0.270 e. The first kappa shape index (κ1) is 11.8. The number of hydrogen-bond donors (Lipinski definition) is 1. The number of anilines is 1. The second-order valence-electron chi connectivity index (χ2n) is 4.41. The number of nitrogens with zero attached hydrogens (tertiary/aromatic N) is 3. The molecule has 0 aliphatic carbocycles. The fraction of sp³-hybridized carbons (Fsp3) is 0.462. The van der Waals surface area contributed by atoms with Crippen LogP contribution in [-0.2, 0) is 7.05 Å². The minimum absolute atomic E-state index is 0.418. The lowest BCUT2D eigenvalue weighted by Gasteiger charge is -2.09. The van der Waals surface area contributed by atoms with Gasteiger partial charge in [-0.05, 0) is 25.5 Å². The summed E-state index contributed by atoms with van der Waals surface area (Å²) in [7, 11) is 2.01. The molecule has 1 atom stereocenters. The van der Waals surface area contributed by atoms with Crippen LogP contribution in [0.25, 0.3) is 11.0 Å². The molecule has 17 heavy (non-hydrogen) atoms. The van der Waals surface area contributed by atoms with Gasteiger partial charge in [-0.2, -0.15) is 0 Å². The van der Waals surface area contributed by atoms with Gasteiger partial charge in [-0.3, -0.25) is 5.32 Å². The van der Waals surface area contributed by atoms with Gasteiger partial charge in [-0.1, -0.05) is 30.6 Å². The number of fused-ring (bicyclic) bond motifs is 1. The molecule has 1 aromatic heterocycles. The number of para-hydroxylation sites is 1. The van der Waals surface area contributed by atoms with E-state index < -0.39 is 0 Å². The van der Waals surface area contributed by atoms with Gasteiger partial charge < -0.3 is 0 Å². The predicted molar refractivity (Wildman–Crippen MR) is 68.7 cm³/mol. The summed E-state index contributed by atoms with van der Waals surface area (Å²) >= 11 is 0. The Morgan fingerprint density at radius 3 is 2.82 bits per heavy atom. The topological polar surface area (TPSA) is 41.7 Å². The number of nitrogens with one attached hydrogen (secondary N) is 1. The molecule has 0 bridgehead atoms. The van der Waals surface area contributed by atoms with Gasteiger partial charge in [0.2, 0.25) is 0 Å². The van der Waals surface area contributed by atoms with Crippen LogP contribution in [0.4, 0.5) is 5.95 Å². The quantitative estimate of drug-likeness (QED) is 0.819. The van der Waals surface area contributed by atoms with Crippen molar-refractivity contribution in [3.8, 4) is 0 Å². The summed E-state index contributed by atoms with van der Waals surface area (Å²) < 4.78 is 2.05. The average Bonchev–Trinajstić information content (AvgIpc) is 2.33. The van der Waals surface area contributed by atoms with E-state index in [-0.39, 0.29) is 0 Å². The second-order valence-corrected chi connectivity index (χ2v) is 4.41. The Bertz CT molecular complexity index is 510. The lowest BCUT2D eigenvalue weighted by molar-refractivity contribution is -0.633. The Hall–Kier alpha value is -1.71. The zero-order chi connectivity index (χ0) is 12.3. The van der Waals surface area contributed by atoms with Crippen molar-refractivity contribution >= 4 is 17.0 Å². The highest BCUT2D eigenvalue weighted by atomic mass is 15.3. The van der Waals surface area contributed by atoms with E-state index in [2.05, 4.69) is 40.0 Å². The molecule has 0 aliphatic heterocycles. The highest BCUT2D eigenvalue weighted by molar-refractivity contribution is 5.70. The first-order chi connectivity index (χ1) is 8.22. The van der Waals surface area contributed by atoms with Crippen LogP contribution in [0.3, 0.4) is 0 Å². The molecule has 4 heteroatoms. The van der Waals surface area contributed by atoms with Crippen molar-refractivity contribution in [2.75, 3.05) is 5.32 Å². The highest BCUT2D eigenvalue weighted by Crippen LogP contribution is 2.08. The van der Waals surface area contributed by atoms with Crippen molar-refractivity contribution < 1.29 is 4.57 Å². The molecule has 0 amide bonds. The first-order valence-corrected chi connectivity index (χ1v) is 6.10. The van der Waals surface area contributed by atoms with Crippen LogP contribution in [0, 0.1) is 0 Å². The fourth-order valence-corrected chi connectivity index (χ4v) is 1.97. The normalized spacial score (nSPS) is 12.6. The highest BCUT2D eigenvalue weighted by Gasteiger charge is 2.15. The fourth-order valence-electron chi connectivity index (χ4n) is 1.97. The number of aromatic nitrogens is 3. The van der Waals surface area contributed by atoms with Crippen LogP contribution in [0.2, 0.25) is 0 Å². The molecule has 1 unspecified atom stereocenters. The largest absolute Gasteiger partial charge is 0.415 e. The summed E-state index contributed by atoms with van der Waals surface area (Å²) in [6.45, 7) is 4.35. The van der Waals surface area contributed by atoms with Crippen LogP contribution in [-0.4, -0.2) is 16.2 Å². The molecular formula is C13H19N4+. The second kappa shape index (κ2) is 5.08. The van der Waals surface area contributed by atoms with E-state index in [4.69, 9.17) is 0 Å². The van der Waals surface area contributed by atoms with Crippen LogP contribution in [0.5, 0.6) is 0 Å². The van der Waals surface area contributed by atoms with Gasteiger partial charge in [0.05, 0.1) is 13.1 Å². The van der Waals surface area contributed by atoms with Gasteiger partial charge in [-0.25, -0.2) is 4.57 Å². The molecule has 1 aromatic carbocycles. The van der Waals surface area contributed by atoms with E-state index in [9.17, 15) is 0 Å². The summed E-state index contributed by atoms with van der Waals surface area (Å²) in [6.07, 6.45) is 2.30. The van der Waals surface area contributed by atoms with Crippen LogP contribution in [0.1, 0.15) is 26.7 Å². The van der Waals surface area contributed by atoms with E-state index in [0.717, 1.165) is 23.4 Å². The van der Waals surface area contributed by atoms with Gasteiger partial charge >= 0.3 is 5.95 Å². The zero-order valence-electron chi connectivity index (χ0n) is 10.6. The Balaban J connectivity index is 2.32. The maximum Gasteiger partial charge on any atom is 0.415 e. The van der Waals surface area contributed by atoms with Gasteiger partial charge in [0, 0.05) is 5.10 Å². The predicted octanol–water partition coefficient (Wildman–Crippen LogP) is 2.05. The Labute approximate surface area is 102 Å². The van der Waals surface area contributed by atoms with Crippen molar-refractivity contribution in [2.24, 2.45) is 7.05 Å². The molecular weight excluding hydrogens is 212 g/mol. The van der Waals surface area contributed by atoms with Gasteiger partial charge in [-0.15, -0.1) is 0 Å². The molecule has 0 radical (unpaired) electrons. The standard InChI is InChI=1S/C13H18N4/c1-4-7-10(2)14-13-16-15-11-8-5-6-9-12(11)17(13)3/h5-6,8-10H,4,7H2,1-3H3/p+1. The summed E-state index contributed by atoms with van der Waals surface area (Å²) in [5.41, 5.74) is 2.01. The summed E-state index contributed by atoms with van der Waals surface area (Å²) in [6, 6.07) is 8.44. The maximum absolute atomic E-state index is 4.23. The van der Waals surface area contributed by atoms with Crippen molar-refractivity contribution in [3.63, 3.8) is 0 Å². The third kappa shape index (κ3) is 2.52. The molecule has 0 fully saturated rings. The SMILES string of the molecule is CCCC(C)Nc1nnc2ccccc2[n+]1C. The molecule has 90 valence electrons. The van der Waals surface area contributed by atoms with E-state index in [1.165, 1.54) is 6.42 Å². The number of hydrogen-bond acceptors (Lipinski definition) is 3. The molecule has 2 aromatic rings. The number of rotatable bonds is 4. The summed E-state index contributed by atoms with van der Waals surface area (Å²) in [5.74, 6) is 0.824. The summed E-state index contributed by atoms with van der Waals surface area (Å²) in [4.78, 5) is 0. The first-order valence-electron chi connectivity index (χ1n) is 6.10. The monoisotopic (exact) mass is 231 g/mol. The number of benzene rings is 1. The maximum atomic E-state index is 4.23. The van der Waals surface area contributed by atoms with Crippen LogP contribution >= 0.6 is 0 Å². The number of aryl methyl sites for hydroxylation is 1. The Morgan fingerprint density at radius 2 is 2.06 bits per heavy atom. The van der Waals surface area contributed by atoms with Crippen molar-refractivity contribution in [1.29, 1.82) is 0 Å². The van der Waals surface area contributed by atoms with Crippen molar-refractivity contribution in [3.05, 3.63) is 24.3 Å². The third-order valence-electron chi connectivity index (χ3n) is 2.91. The van der Waals surface area contributed by atoms with Crippen LogP contribution in [0.15, 0.2) is 24.3 Å². The lowest BCUT2D eigenvalue weighted by atomic mass is 10.2. The Morgan fingerprint density at radius 1 is 1.29 bits per heavy atom. The molecule has 1 heterocycles. The molecule has 0 spiro atoms. The molecule has 1 N–H and O–H groups in total. The molecule has 2 rings (SSSR count). The van der Waals surface area contributed by atoms with Gasteiger partial charge in [0.1, 0.15) is 11.0 Å². The van der Waals surface area contributed by atoms with E-state index in [1.54, 1.807) is 0 Å². The Kier molecular flexibility index (Phi) is 3.52. The molecule has 0 saturated heterocycles. The van der Waals surface area contributed by atoms with Crippen molar-refractivity contribution in [1.82, 2.24) is 10.2 Å². The van der Waals surface area contributed by atoms with Gasteiger partial charge in [0.15, 0.2) is 0 Å². The van der Waals surface area contributed by atoms with E-state index in [1.807, 2.05) is 25.2 Å². The smallest absolute Gasteiger partial charge is 0.270 e. The average molecular weight is 231 g/mol. The summed E-state index contributed by atoms with van der Waals surface area (Å²) in [5, 5.41) is 11.8. The zero-order valence-corrected chi connectivity index (χ0v) is 10.6. The minimum atomic E-state index is 0.418.